The fourth-order valence-electron chi connectivity index (χ4n) is 3.21. The van der Waals surface area contributed by atoms with Crippen molar-refractivity contribution in [3.8, 4) is 5.75 Å². The monoisotopic (exact) mass is 381 g/mol. The van der Waals surface area contributed by atoms with Crippen LogP contribution < -0.4 is 10.1 Å². The van der Waals surface area contributed by atoms with E-state index >= 15 is 0 Å². The van der Waals surface area contributed by atoms with Gasteiger partial charge in [0.05, 0.1) is 6.04 Å². The van der Waals surface area contributed by atoms with Gasteiger partial charge >= 0.3 is 0 Å². The Hall–Kier alpha value is -2.86. The Labute approximate surface area is 166 Å². The molecule has 0 aliphatic carbocycles. The van der Waals surface area contributed by atoms with Crippen LogP contribution >= 0.6 is 0 Å². The Balaban J connectivity index is 1.48. The standard InChI is InChI=1S/C22H27N3O3/c1-17(24-12-14-25(15-13-24)18(2)26)22(27)23-20-8-10-21(11-9-20)28-16-19-6-4-3-5-7-19/h3-11,17H,12-16H2,1-2H3,(H,23,27). The van der Waals surface area contributed by atoms with Crippen LogP contribution in [-0.4, -0.2) is 53.8 Å². The highest BCUT2D eigenvalue weighted by Crippen LogP contribution is 2.18. The average molecular weight is 381 g/mol. The lowest BCUT2D eigenvalue weighted by Gasteiger charge is -2.37. The summed E-state index contributed by atoms with van der Waals surface area (Å²) in [6.45, 7) is 6.74. The summed E-state index contributed by atoms with van der Waals surface area (Å²) in [5, 5.41) is 2.96. The zero-order valence-electron chi connectivity index (χ0n) is 16.4. The van der Waals surface area contributed by atoms with Crippen molar-refractivity contribution in [2.75, 3.05) is 31.5 Å². The van der Waals surface area contributed by atoms with Crippen molar-refractivity contribution >= 4 is 17.5 Å². The maximum absolute atomic E-state index is 12.6. The van der Waals surface area contributed by atoms with Crippen molar-refractivity contribution in [3.63, 3.8) is 0 Å². The lowest BCUT2D eigenvalue weighted by molar-refractivity contribution is -0.131. The average Bonchev–Trinajstić information content (AvgIpc) is 2.73. The molecule has 6 nitrogen and oxygen atoms in total. The number of rotatable bonds is 6. The highest BCUT2D eigenvalue weighted by Gasteiger charge is 2.26. The van der Waals surface area contributed by atoms with Gasteiger partial charge in [0.2, 0.25) is 11.8 Å². The molecule has 1 saturated heterocycles. The first kappa shape index (κ1) is 19.9. The minimum atomic E-state index is -0.247. The number of benzene rings is 2. The van der Waals surface area contributed by atoms with Gasteiger partial charge in [0, 0.05) is 38.8 Å². The van der Waals surface area contributed by atoms with Crippen LogP contribution in [0.25, 0.3) is 0 Å². The molecule has 0 radical (unpaired) electrons. The first-order valence-electron chi connectivity index (χ1n) is 9.60. The van der Waals surface area contributed by atoms with Gasteiger partial charge in [-0.1, -0.05) is 30.3 Å². The molecule has 0 saturated carbocycles. The van der Waals surface area contributed by atoms with Gasteiger partial charge in [0.25, 0.3) is 0 Å². The van der Waals surface area contributed by atoms with E-state index in [1.807, 2.05) is 66.4 Å². The zero-order chi connectivity index (χ0) is 19.9. The molecule has 1 fully saturated rings. The Morgan fingerprint density at radius 3 is 2.25 bits per heavy atom. The van der Waals surface area contributed by atoms with Gasteiger partial charge < -0.3 is 15.0 Å². The number of hydrogen-bond acceptors (Lipinski definition) is 4. The van der Waals surface area contributed by atoms with Crippen LogP contribution in [0.4, 0.5) is 5.69 Å². The number of piperazine rings is 1. The summed E-state index contributed by atoms with van der Waals surface area (Å²) in [5.74, 6) is 0.802. The molecule has 0 aromatic heterocycles. The van der Waals surface area contributed by atoms with Crippen LogP contribution in [0.5, 0.6) is 5.75 Å². The van der Waals surface area contributed by atoms with Crippen LogP contribution in [0.3, 0.4) is 0 Å². The summed E-state index contributed by atoms with van der Waals surface area (Å²) in [4.78, 5) is 27.9. The Morgan fingerprint density at radius 1 is 1.00 bits per heavy atom. The second kappa shape index (κ2) is 9.37. The molecule has 0 spiro atoms. The summed E-state index contributed by atoms with van der Waals surface area (Å²) in [6, 6.07) is 17.1. The normalized spacial score (nSPS) is 15.7. The van der Waals surface area contributed by atoms with E-state index in [9.17, 15) is 9.59 Å². The van der Waals surface area contributed by atoms with Crippen molar-refractivity contribution in [1.82, 2.24) is 9.80 Å². The molecule has 1 heterocycles. The van der Waals surface area contributed by atoms with Gasteiger partial charge in [0.15, 0.2) is 0 Å². The van der Waals surface area contributed by atoms with E-state index in [4.69, 9.17) is 4.74 Å². The lowest BCUT2D eigenvalue weighted by Crippen LogP contribution is -2.53. The third-order valence-electron chi connectivity index (χ3n) is 5.06. The van der Waals surface area contributed by atoms with Crippen molar-refractivity contribution in [3.05, 3.63) is 60.2 Å². The summed E-state index contributed by atoms with van der Waals surface area (Å²) in [5.41, 5.74) is 1.85. The van der Waals surface area contributed by atoms with Crippen molar-refractivity contribution in [2.45, 2.75) is 26.5 Å². The summed E-state index contributed by atoms with van der Waals surface area (Å²) >= 11 is 0. The highest BCUT2D eigenvalue weighted by molar-refractivity contribution is 5.94. The topological polar surface area (TPSA) is 61.9 Å². The molecular formula is C22H27N3O3. The van der Waals surface area contributed by atoms with Crippen LogP contribution in [0.1, 0.15) is 19.4 Å². The molecule has 2 aromatic carbocycles. The minimum Gasteiger partial charge on any atom is -0.489 e. The van der Waals surface area contributed by atoms with E-state index in [-0.39, 0.29) is 17.9 Å². The van der Waals surface area contributed by atoms with E-state index in [1.165, 1.54) is 0 Å². The molecule has 1 unspecified atom stereocenters. The van der Waals surface area contributed by atoms with E-state index in [0.29, 0.717) is 32.8 Å². The quantitative estimate of drug-likeness (QED) is 0.836. The summed E-state index contributed by atoms with van der Waals surface area (Å²) < 4.78 is 5.77. The second-order valence-corrected chi connectivity index (χ2v) is 7.01. The van der Waals surface area contributed by atoms with Gasteiger partial charge in [-0.05, 0) is 36.8 Å². The van der Waals surface area contributed by atoms with Gasteiger partial charge in [-0.15, -0.1) is 0 Å². The lowest BCUT2D eigenvalue weighted by atomic mass is 10.2. The smallest absolute Gasteiger partial charge is 0.241 e. The second-order valence-electron chi connectivity index (χ2n) is 7.01. The maximum Gasteiger partial charge on any atom is 0.241 e. The van der Waals surface area contributed by atoms with E-state index in [0.717, 1.165) is 17.0 Å². The van der Waals surface area contributed by atoms with Crippen LogP contribution in [0.15, 0.2) is 54.6 Å². The zero-order valence-corrected chi connectivity index (χ0v) is 16.4. The maximum atomic E-state index is 12.6. The van der Waals surface area contributed by atoms with Gasteiger partial charge in [-0.3, -0.25) is 14.5 Å². The van der Waals surface area contributed by atoms with Crippen LogP contribution in [0, 0.1) is 0 Å². The molecular weight excluding hydrogens is 354 g/mol. The van der Waals surface area contributed by atoms with E-state index in [1.54, 1.807) is 6.92 Å². The molecule has 1 atom stereocenters. The molecule has 1 aliphatic heterocycles. The molecule has 148 valence electrons. The number of amides is 2. The van der Waals surface area contributed by atoms with Gasteiger partial charge in [-0.25, -0.2) is 0 Å². The molecule has 0 bridgehead atoms. The molecule has 1 N–H and O–H groups in total. The minimum absolute atomic E-state index is 0.0470. The predicted molar refractivity (Wildman–Crippen MR) is 109 cm³/mol. The molecule has 6 heteroatoms. The number of nitrogens with zero attached hydrogens (tertiary/aromatic N) is 2. The third kappa shape index (κ3) is 5.33. The first-order valence-corrected chi connectivity index (χ1v) is 9.60. The third-order valence-corrected chi connectivity index (χ3v) is 5.06. The van der Waals surface area contributed by atoms with E-state index < -0.39 is 0 Å². The fourth-order valence-corrected chi connectivity index (χ4v) is 3.21. The molecule has 1 aliphatic rings. The SMILES string of the molecule is CC(=O)N1CCN(C(C)C(=O)Nc2ccc(OCc3ccccc3)cc2)CC1. The predicted octanol–water partition coefficient (Wildman–Crippen LogP) is 2.76. The number of carbonyl (C=O) groups excluding carboxylic acids is 2. The Morgan fingerprint density at radius 2 is 1.64 bits per heavy atom. The summed E-state index contributed by atoms with van der Waals surface area (Å²) in [6.07, 6.45) is 0. The van der Waals surface area contributed by atoms with E-state index in [2.05, 4.69) is 10.2 Å². The number of hydrogen-bond donors (Lipinski definition) is 1. The van der Waals surface area contributed by atoms with Crippen LogP contribution in [0.2, 0.25) is 0 Å². The van der Waals surface area contributed by atoms with Gasteiger partial charge in [-0.2, -0.15) is 0 Å². The highest BCUT2D eigenvalue weighted by atomic mass is 16.5. The summed E-state index contributed by atoms with van der Waals surface area (Å²) in [7, 11) is 0. The van der Waals surface area contributed by atoms with Gasteiger partial charge in [0.1, 0.15) is 12.4 Å². The largest absolute Gasteiger partial charge is 0.489 e. The molecule has 3 rings (SSSR count). The molecule has 2 amide bonds. The number of anilines is 1. The number of carbonyl (C=O) groups is 2. The molecule has 28 heavy (non-hydrogen) atoms. The van der Waals surface area contributed by atoms with Crippen molar-refractivity contribution in [1.29, 1.82) is 0 Å². The number of nitrogens with one attached hydrogen (secondary N) is 1. The Bertz CT molecular complexity index is 784. The fraction of sp³-hybridized carbons (Fsp3) is 0.364. The van der Waals surface area contributed by atoms with Crippen LogP contribution in [-0.2, 0) is 16.2 Å². The number of ether oxygens (including phenoxy) is 1. The first-order chi connectivity index (χ1) is 13.5. The molecule has 2 aromatic rings. The Kier molecular flexibility index (Phi) is 6.66. The van der Waals surface area contributed by atoms with Crippen molar-refractivity contribution in [2.24, 2.45) is 0 Å². The van der Waals surface area contributed by atoms with Crippen molar-refractivity contribution < 1.29 is 14.3 Å².